The summed E-state index contributed by atoms with van der Waals surface area (Å²) >= 11 is 0. The number of aryl methyl sites for hydroxylation is 2. The number of alkyl halides is 3. The van der Waals surface area contributed by atoms with Crippen LogP contribution in [0.4, 0.5) is 17.6 Å². The first-order valence-corrected chi connectivity index (χ1v) is 12.7. The average Bonchev–Trinajstić information content (AvgIpc) is 3.59. The van der Waals surface area contributed by atoms with Crippen LogP contribution in [0.3, 0.4) is 0 Å². The van der Waals surface area contributed by atoms with Crippen molar-refractivity contribution in [3.8, 4) is 11.3 Å². The molecule has 11 heteroatoms. The van der Waals surface area contributed by atoms with E-state index in [9.17, 15) is 17.6 Å². The number of ether oxygens (including phenoxy) is 1. The average molecular weight is 529 g/mol. The highest BCUT2D eigenvalue weighted by atomic mass is 19.4. The van der Waals surface area contributed by atoms with E-state index in [0.29, 0.717) is 23.6 Å². The first-order chi connectivity index (χ1) is 18.2. The van der Waals surface area contributed by atoms with Crippen LogP contribution < -0.4 is 0 Å². The molecule has 3 aromatic heterocycles. The topological polar surface area (TPSA) is 78.6 Å². The Morgan fingerprint density at radius 2 is 1.82 bits per heavy atom. The third-order valence-corrected chi connectivity index (χ3v) is 6.78. The minimum atomic E-state index is -4.61. The molecule has 7 nitrogen and oxygen atoms in total. The SMILES string of the molecule is Cc1nc2ncnc(-c3ccc(C(F)(F)F)cc3F)c2nc1C.c1nn(CC2CC2)cc1C1CCCCO1. The number of aromatic nitrogens is 6. The zero-order chi connectivity index (χ0) is 26.9. The van der Waals surface area contributed by atoms with E-state index in [1.165, 1.54) is 37.6 Å². The molecule has 0 amide bonds. The van der Waals surface area contributed by atoms with E-state index in [1.54, 1.807) is 13.8 Å². The van der Waals surface area contributed by atoms with Crippen LogP contribution >= 0.6 is 0 Å². The van der Waals surface area contributed by atoms with Gasteiger partial charge in [-0.1, -0.05) is 0 Å². The predicted molar refractivity (Wildman–Crippen MR) is 132 cm³/mol. The molecule has 0 N–H and O–H groups in total. The van der Waals surface area contributed by atoms with Crippen molar-refractivity contribution in [3.05, 3.63) is 65.3 Å². The quantitative estimate of drug-likeness (QED) is 0.286. The third kappa shape index (κ3) is 5.98. The van der Waals surface area contributed by atoms with Crippen molar-refractivity contribution in [1.29, 1.82) is 0 Å². The Morgan fingerprint density at radius 3 is 2.50 bits per heavy atom. The molecule has 1 aliphatic carbocycles. The lowest BCUT2D eigenvalue weighted by Crippen LogP contribution is -2.10. The number of fused-ring (bicyclic) bond motifs is 1. The van der Waals surface area contributed by atoms with Gasteiger partial charge in [0.25, 0.3) is 0 Å². The minimum Gasteiger partial charge on any atom is -0.373 e. The summed E-state index contributed by atoms with van der Waals surface area (Å²) in [4.78, 5) is 16.5. The second kappa shape index (κ2) is 10.7. The first kappa shape index (κ1) is 26.1. The highest BCUT2D eigenvalue weighted by molar-refractivity contribution is 5.86. The van der Waals surface area contributed by atoms with Crippen LogP contribution in [-0.4, -0.2) is 36.3 Å². The van der Waals surface area contributed by atoms with Crippen LogP contribution in [0.1, 0.15) is 60.7 Å². The lowest BCUT2D eigenvalue weighted by molar-refractivity contribution is -0.137. The van der Waals surface area contributed by atoms with Crippen molar-refractivity contribution in [2.75, 3.05) is 6.61 Å². The fraction of sp³-hybridized carbons (Fsp3) is 0.444. The van der Waals surface area contributed by atoms with Crippen LogP contribution in [0.25, 0.3) is 22.4 Å². The summed E-state index contributed by atoms with van der Waals surface area (Å²) in [6.07, 6.45) is 7.47. The van der Waals surface area contributed by atoms with E-state index in [0.717, 1.165) is 37.6 Å². The van der Waals surface area contributed by atoms with Gasteiger partial charge in [0.1, 0.15) is 23.4 Å². The summed E-state index contributed by atoms with van der Waals surface area (Å²) in [5, 5.41) is 4.41. The molecule has 38 heavy (non-hydrogen) atoms. The van der Waals surface area contributed by atoms with Gasteiger partial charge in [-0.2, -0.15) is 18.3 Å². The Kier molecular flexibility index (Phi) is 7.38. The summed E-state index contributed by atoms with van der Waals surface area (Å²) < 4.78 is 59.9. The highest BCUT2D eigenvalue weighted by Gasteiger charge is 2.31. The van der Waals surface area contributed by atoms with Crippen molar-refractivity contribution in [1.82, 2.24) is 29.7 Å². The van der Waals surface area contributed by atoms with Gasteiger partial charge in [0, 0.05) is 30.5 Å². The predicted octanol–water partition coefficient (Wildman–Crippen LogP) is 6.40. The van der Waals surface area contributed by atoms with Crippen LogP contribution in [0.15, 0.2) is 36.9 Å². The molecule has 0 radical (unpaired) electrons. The maximum atomic E-state index is 14.2. The number of nitrogens with zero attached hydrogens (tertiary/aromatic N) is 6. The molecule has 1 unspecified atom stereocenters. The fourth-order valence-corrected chi connectivity index (χ4v) is 4.34. The molecule has 1 aliphatic heterocycles. The number of hydrogen-bond acceptors (Lipinski definition) is 6. The van der Waals surface area contributed by atoms with Gasteiger partial charge in [-0.05, 0) is 70.1 Å². The normalized spacial score (nSPS) is 17.8. The van der Waals surface area contributed by atoms with Crippen molar-refractivity contribution >= 4 is 11.2 Å². The summed E-state index contributed by atoms with van der Waals surface area (Å²) in [6.45, 7) is 5.50. The lowest BCUT2D eigenvalue weighted by atomic mass is 10.0. The molecule has 1 saturated heterocycles. The van der Waals surface area contributed by atoms with Crippen LogP contribution in [0.2, 0.25) is 0 Å². The smallest absolute Gasteiger partial charge is 0.373 e. The van der Waals surface area contributed by atoms with Gasteiger partial charge in [-0.25, -0.2) is 24.3 Å². The molecule has 0 spiro atoms. The van der Waals surface area contributed by atoms with Crippen molar-refractivity contribution in [3.63, 3.8) is 0 Å². The Bertz CT molecular complexity index is 1430. The molecular weight excluding hydrogens is 500 g/mol. The van der Waals surface area contributed by atoms with Gasteiger partial charge in [0.15, 0.2) is 5.65 Å². The lowest BCUT2D eigenvalue weighted by Gasteiger charge is -2.21. The summed E-state index contributed by atoms with van der Waals surface area (Å²) in [6, 6.07) is 2.29. The van der Waals surface area contributed by atoms with Gasteiger partial charge in [0.05, 0.1) is 29.3 Å². The van der Waals surface area contributed by atoms with E-state index < -0.39 is 17.6 Å². The molecule has 4 aromatic rings. The molecule has 2 fully saturated rings. The molecule has 6 rings (SSSR count). The summed E-state index contributed by atoms with van der Waals surface area (Å²) in [7, 11) is 0. The van der Waals surface area contributed by atoms with E-state index in [2.05, 4.69) is 35.9 Å². The summed E-state index contributed by atoms with van der Waals surface area (Å²) in [5.41, 5.74) is 2.02. The zero-order valence-corrected chi connectivity index (χ0v) is 21.2. The monoisotopic (exact) mass is 528 g/mol. The second-order valence-electron chi connectivity index (χ2n) is 9.78. The molecule has 0 bridgehead atoms. The Hall–Kier alpha value is -3.47. The van der Waals surface area contributed by atoms with Crippen molar-refractivity contribution in [2.45, 2.75) is 64.8 Å². The van der Waals surface area contributed by atoms with Crippen LogP contribution in [0, 0.1) is 25.6 Å². The molecular formula is C27H28F4N6O. The molecule has 1 aromatic carbocycles. The van der Waals surface area contributed by atoms with Gasteiger partial charge in [-0.3, -0.25) is 4.68 Å². The van der Waals surface area contributed by atoms with Crippen LogP contribution in [-0.2, 0) is 17.5 Å². The van der Waals surface area contributed by atoms with Gasteiger partial charge in [-0.15, -0.1) is 0 Å². The highest BCUT2D eigenvalue weighted by Crippen LogP contribution is 2.34. The minimum absolute atomic E-state index is 0.0806. The Labute approximate surface area is 217 Å². The third-order valence-electron chi connectivity index (χ3n) is 6.78. The number of hydrogen-bond donors (Lipinski definition) is 0. The molecule has 2 aliphatic rings. The standard InChI is InChI=1S/C15H10F4N4.C12H18N2O/c1-7-8(2)23-14-13(22-7)12(20-6-21-14)10-4-3-9(5-11(10)16)15(17,18)19;1-2-6-15-12(3-1)11-7-13-14(9-11)8-10-4-5-10/h3-6H,1-2H3;7,9-10,12H,1-6,8H2. The Balaban J connectivity index is 0.000000168. The van der Waals surface area contributed by atoms with Gasteiger partial charge in [0.2, 0.25) is 0 Å². The first-order valence-electron chi connectivity index (χ1n) is 12.7. The van der Waals surface area contributed by atoms with E-state index >= 15 is 0 Å². The van der Waals surface area contributed by atoms with Crippen molar-refractivity contribution < 1.29 is 22.3 Å². The van der Waals surface area contributed by atoms with Gasteiger partial charge < -0.3 is 4.74 Å². The molecule has 1 saturated carbocycles. The molecule has 200 valence electrons. The Morgan fingerprint density at radius 1 is 1.03 bits per heavy atom. The van der Waals surface area contributed by atoms with E-state index in [4.69, 9.17) is 4.74 Å². The second-order valence-corrected chi connectivity index (χ2v) is 9.78. The molecule has 4 heterocycles. The number of halogens is 4. The largest absolute Gasteiger partial charge is 0.416 e. The maximum absolute atomic E-state index is 14.2. The summed E-state index contributed by atoms with van der Waals surface area (Å²) in [5.74, 6) is -0.134. The maximum Gasteiger partial charge on any atom is 0.416 e. The van der Waals surface area contributed by atoms with E-state index in [-0.39, 0.29) is 22.4 Å². The number of rotatable bonds is 4. The van der Waals surface area contributed by atoms with E-state index in [1.807, 2.05) is 6.20 Å². The number of benzene rings is 1. The van der Waals surface area contributed by atoms with Gasteiger partial charge >= 0.3 is 6.18 Å². The zero-order valence-electron chi connectivity index (χ0n) is 21.2. The van der Waals surface area contributed by atoms with Crippen molar-refractivity contribution in [2.24, 2.45) is 5.92 Å². The fourth-order valence-electron chi connectivity index (χ4n) is 4.34. The van der Waals surface area contributed by atoms with Crippen LogP contribution in [0.5, 0.6) is 0 Å². The molecule has 1 atom stereocenters.